The number of halogens is 1. The van der Waals surface area contributed by atoms with Gasteiger partial charge in [-0.1, -0.05) is 43.5 Å². The molecule has 142 valence electrons. The number of carbonyl (C=O) groups is 1. The standard InChI is InChI=1S/C23H27ClN2O/c1-16-4-2-3-5-22(16)26-13-10-20(23(26)27)14-19-7-6-18(15-21(19)24)17-8-11-25-12-9-17/h6-9,11-12,15-16,20,22H,2-5,10,13-14H2,1H3. The summed E-state index contributed by atoms with van der Waals surface area (Å²) in [5, 5.41) is 0.751. The monoisotopic (exact) mass is 382 g/mol. The molecule has 1 aromatic carbocycles. The SMILES string of the molecule is CC1CCCCC1N1CCC(Cc2ccc(-c3ccncc3)cc2Cl)C1=O. The second-order valence-corrected chi connectivity index (χ2v) is 8.50. The first-order valence-electron chi connectivity index (χ1n) is 10.1. The third kappa shape index (κ3) is 3.89. The molecule has 1 aliphatic heterocycles. The number of amides is 1. The van der Waals surface area contributed by atoms with Crippen LogP contribution in [0.1, 0.15) is 44.6 Å². The van der Waals surface area contributed by atoms with Crippen LogP contribution in [0.25, 0.3) is 11.1 Å². The molecule has 1 amide bonds. The Kier molecular flexibility index (Phi) is 5.49. The lowest BCUT2D eigenvalue weighted by atomic mass is 9.85. The van der Waals surface area contributed by atoms with Gasteiger partial charge in [0.15, 0.2) is 0 Å². The minimum Gasteiger partial charge on any atom is -0.339 e. The predicted octanol–water partition coefficient (Wildman–Crippen LogP) is 5.37. The van der Waals surface area contributed by atoms with Crippen molar-refractivity contribution >= 4 is 17.5 Å². The molecule has 3 atom stereocenters. The van der Waals surface area contributed by atoms with E-state index in [1.165, 1.54) is 25.7 Å². The molecule has 0 bridgehead atoms. The molecule has 1 aromatic heterocycles. The predicted molar refractivity (Wildman–Crippen MR) is 110 cm³/mol. The van der Waals surface area contributed by atoms with E-state index in [9.17, 15) is 4.79 Å². The molecule has 0 N–H and O–H groups in total. The van der Waals surface area contributed by atoms with E-state index in [4.69, 9.17) is 11.6 Å². The Morgan fingerprint density at radius 1 is 1.07 bits per heavy atom. The summed E-state index contributed by atoms with van der Waals surface area (Å²) in [5.74, 6) is 1.04. The number of aromatic nitrogens is 1. The van der Waals surface area contributed by atoms with Crippen LogP contribution >= 0.6 is 11.6 Å². The average molecular weight is 383 g/mol. The number of carbonyl (C=O) groups excluding carboxylic acids is 1. The van der Waals surface area contributed by atoms with Crippen molar-refractivity contribution in [3.05, 3.63) is 53.3 Å². The zero-order valence-corrected chi connectivity index (χ0v) is 16.7. The zero-order chi connectivity index (χ0) is 18.8. The smallest absolute Gasteiger partial charge is 0.226 e. The number of rotatable bonds is 4. The van der Waals surface area contributed by atoms with Crippen molar-refractivity contribution in [1.29, 1.82) is 0 Å². The van der Waals surface area contributed by atoms with E-state index in [0.29, 0.717) is 17.9 Å². The number of pyridine rings is 1. The molecule has 2 heterocycles. The molecule has 27 heavy (non-hydrogen) atoms. The zero-order valence-electron chi connectivity index (χ0n) is 15.9. The molecule has 4 rings (SSSR count). The van der Waals surface area contributed by atoms with E-state index in [-0.39, 0.29) is 5.92 Å². The van der Waals surface area contributed by atoms with E-state index < -0.39 is 0 Å². The van der Waals surface area contributed by atoms with Gasteiger partial charge in [0.2, 0.25) is 5.91 Å². The van der Waals surface area contributed by atoms with Gasteiger partial charge in [0, 0.05) is 35.9 Å². The van der Waals surface area contributed by atoms with E-state index >= 15 is 0 Å². The van der Waals surface area contributed by atoms with Gasteiger partial charge in [-0.15, -0.1) is 0 Å². The van der Waals surface area contributed by atoms with Crippen molar-refractivity contribution < 1.29 is 4.79 Å². The number of nitrogens with zero attached hydrogens (tertiary/aromatic N) is 2. The maximum Gasteiger partial charge on any atom is 0.226 e. The molecular formula is C23H27ClN2O. The molecule has 3 unspecified atom stereocenters. The Hall–Kier alpha value is -1.87. The highest BCUT2D eigenvalue weighted by Crippen LogP contribution is 2.34. The van der Waals surface area contributed by atoms with Gasteiger partial charge in [0.1, 0.15) is 0 Å². The van der Waals surface area contributed by atoms with Gasteiger partial charge in [-0.2, -0.15) is 0 Å². The quantitative estimate of drug-likeness (QED) is 0.712. The van der Waals surface area contributed by atoms with Gasteiger partial charge in [-0.05, 0) is 66.5 Å². The molecule has 0 radical (unpaired) electrons. The molecule has 2 aliphatic rings. The molecule has 4 heteroatoms. The number of hydrogen-bond donors (Lipinski definition) is 0. The van der Waals surface area contributed by atoms with Gasteiger partial charge in [-0.3, -0.25) is 9.78 Å². The molecular weight excluding hydrogens is 356 g/mol. The highest BCUT2D eigenvalue weighted by atomic mass is 35.5. The molecule has 1 aliphatic carbocycles. The van der Waals surface area contributed by atoms with Crippen LogP contribution in [-0.2, 0) is 11.2 Å². The molecule has 2 aromatic rings. The Morgan fingerprint density at radius 2 is 1.85 bits per heavy atom. The van der Waals surface area contributed by atoms with Crippen LogP contribution < -0.4 is 0 Å². The van der Waals surface area contributed by atoms with E-state index in [2.05, 4.69) is 28.9 Å². The lowest BCUT2D eigenvalue weighted by Gasteiger charge is -2.36. The Bertz CT molecular complexity index is 807. The summed E-state index contributed by atoms with van der Waals surface area (Å²) in [4.78, 5) is 19.3. The Morgan fingerprint density at radius 3 is 2.59 bits per heavy atom. The fourth-order valence-electron chi connectivity index (χ4n) is 4.74. The molecule has 3 nitrogen and oxygen atoms in total. The highest BCUT2D eigenvalue weighted by Gasteiger charge is 2.38. The summed E-state index contributed by atoms with van der Waals surface area (Å²) < 4.78 is 0. The molecule has 1 saturated heterocycles. The van der Waals surface area contributed by atoms with Crippen molar-refractivity contribution in [2.24, 2.45) is 11.8 Å². The lowest BCUT2D eigenvalue weighted by Crippen LogP contribution is -2.43. The van der Waals surface area contributed by atoms with E-state index in [1.54, 1.807) is 12.4 Å². The second-order valence-electron chi connectivity index (χ2n) is 8.09. The maximum atomic E-state index is 13.0. The minimum absolute atomic E-state index is 0.0726. The number of likely N-dealkylation sites (tertiary alicyclic amines) is 1. The van der Waals surface area contributed by atoms with Crippen molar-refractivity contribution in [1.82, 2.24) is 9.88 Å². The third-order valence-corrected chi connectivity index (χ3v) is 6.70. The maximum absolute atomic E-state index is 13.0. The second kappa shape index (κ2) is 8.02. The van der Waals surface area contributed by atoms with E-state index in [0.717, 1.165) is 41.1 Å². The summed E-state index contributed by atoms with van der Waals surface area (Å²) >= 11 is 6.57. The Balaban J connectivity index is 1.46. The van der Waals surface area contributed by atoms with Gasteiger partial charge in [-0.25, -0.2) is 0 Å². The normalized spacial score (nSPS) is 25.8. The van der Waals surface area contributed by atoms with Gasteiger partial charge in [0.05, 0.1) is 0 Å². The lowest BCUT2D eigenvalue weighted by molar-refractivity contribution is -0.134. The summed E-state index contributed by atoms with van der Waals surface area (Å²) in [6.07, 6.45) is 10.2. The van der Waals surface area contributed by atoms with E-state index in [1.807, 2.05) is 18.2 Å². The Labute approximate surface area is 166 Å². The topological polar surface area (TPSA) is 33.2 Å². The van der Waals surface area contributed by atoms with Crippen LogP contribution in [0.5, 0.6) is 0 Å². The summed E-state index contributed by atoms with van der Waals surface area (Å²) in [7, 11) is 0. The summed E-state index contributed by atoms with van der Waals surface area (Å²) in [6.45, 7) is 3.21. The van der Waals surface area contributed by atoms with Crippen LogP contribution in [0.3, 0.4) is 0 Å². The number of benzene rings is 1. The molecule has 1 saturated carbocycles. The largest absolute Gasteiger partial charge is 0.339 e. The van der Waals surface area contributed by atoms with Crippen molar-refractivity contribution in [2.45, 2.75) is 51.5 Å². The van der Waals surface area contributed by atoms with Crippen molar-refractivity contribution in [3.8, 4) is 11.1 Å². The minimum atomic E-state index is 0.0726. The first-order valence-corrected chi connectivity index (χ1v) is 10.5. The van der Waals surface area contributed by atoms with Crippen LogP contribution in [0, 0.1) is 11.8 Å². The first kappa shape index (κ1) is 18.5. The van der Waals surface area contributed by atoms with Crippen molar-refractivity contribution in [2.75, 3.05) is 6.54 Å². The molecule has 2 fully saturated rings. The van der Waals surface area contributed by atoms with Gasteiger partial charge >= 0.3 is 0 Å². The van der Waals surface area contributed by atoms with Crippen LogP contribution in [0.2, 0.25) is 5.02 Å². The van der Waals surface area contributed by atoms with Crippen molar-refractivity contribution in [3.63, 3.8) is 0 Å². The fourth-order valence-corrected chi connectivity index (χ4v) is 5.00. The molecule has 0 spiro atoms. The fraction of sp³-hybridized carbons (Fsp3) is 0.478. The van der Waals surface area contributed by atoms with Crippen LogP contribution in [0.4, 0.5) is 0 Å². The summed E-state index contributed by atoms with van der Waals surface area (Å²) in [5.41, 5.74) is 3.26. The number of hydrogen-bond acceptors (Lipinski definition) is 2. The van der Waals surface area contributed by atoms with Crippen LogP contribution in [-0.4, -0.2) is 28.4 Å². The van der Waals surface area contributed by atoms with Gasteiger partial charge in [0.25, 0.3) is 0 Å². The third-order valence-electron chi connectivity index (χ3n) is 6.35. The highest BCUT2D eigenvalue weighted by molar-refractivity contribution is 6.31. The van der Waals surface area contributed by atoms with Gasteiger partial charge < -0.3 is 4.90 Å². The average Bonchev–Trinajstić information content (AvgIpc) is 3.05. The first-order chi connectivity index (χ1) is 13.1. The van der Waals surface area contributed by atoms with Crippen LogP contribution in [0.15, 0.2) is 42.7 Å². The summed E-state index contributed by atoms with van der Waals surface area (Å²) in [6, 6.07) is 10.6.